The molecule has 0 bridgehead atoms. The van der Waals surface area contributed by atoms with Gasteiger partial charge in [0.25, 0.3) is 0 Å². The molecule has 1 aromatic rings. The maximum absolute atomic E-state index is 12.4. The van der Waals surface area contributed by atoms with Crippen molar-refractivity contribution in [2.24, 2.45) is 0 Å². The smallest absolute Gasteiger partial charge is 0.187 e. The Morgan fingerprint density at radius 2 is 1.88 bits per heavy atom. The fraction of sp³-hybridized carbons (Fsp3) is 0.500. The molecule has 0 aliphatic carbocycles. The minimum absolute atomic E-state index is 0.464. The summed E-state index contributed by atoms with van der Waals surface area (Å²) >= 11 is 0. The van der Waals surface area contributed by atoms with Gasteiger partial charge >= 0.3 is 0 Å². The molecular weight excluding hydrogens is 222 g/mol. The van der Waals surface area contributed by atoms with Crippen LogP contribution in [0.4, 0.5) is 5.69 Å². The van der Waals surface area contributed by atoms with Gasteiger partial charge in [0.2, 0.25) is 0 Å². The molecule has 0 atom stereocenters. The van der Waals surface area contributed by atoms with Crippen molar-refractivity contribution in [2.75, 3.05) is 11.9 Å². The molecule has 0 saturated heterocycles. The maximum Gasteiger partial charge on any atom is 0.187 e. The summed E-state index contributed by atoms with van der Waals surface area (Å²) < 4.78 is 24.1. The van der Waals surface area contributed by atoms with Crippen molar-refractivity contribution < 1.29 is 8.42 Å². The molecule has 0 fully saturated rings. The maximum atomic E-state index is 12.4. The molecular formula is C12H17NO2S. The lowest BCUT2D eigenvalue weighted by molar-refractivity contribution is 0.547. The van der Waals surface area contributed by atoms with Crippen LogP contribution in [0.15, 0.2) is 17.0 Å². The Morgan fingerprint density at radius 1 is 1.25 bits per heavy atom. The number of rotatable bonds is 0. The quantitative estimate of drug-likeness (QED) is 0.755. The highest BCUT2D eigenvalue weighted by Crippen LogP contribution is 2.38. The summed E-state index contributed by atoms with van der Waals surface area (Å²) in [5.74, 6) is 0. The molecule has 0 amide bonds. The molecule has 3 nitrogen and oxygen atoms in total. The molecule has 1 aromatic carbocycles. The topological polar surface area (TPSA) is 46.2 Å². The van der Waals surface area contributed by atoms with Crippen molar-refractivity contribution in [1.29, 1.82) is 0 Å². The predicted molar refractivity (Wildman–Crippen MR) is 65.7 cm³/mol. The van der Waals surface area contributed by atoms with Crippen LogP contribution in [-0.2, 0) is 9.84 Å². The van der Waals surface area contributed by atoms with E-state index in [-0.39, 0.29) is 0 Å². The molecule has 0 radical (unpaired) electrons. The van der Waals surface area contributed by atoms with Crippen molar-refractivity contribution >= 4 is 15.5 Å². The standard InChI is InChI=1S/C12H17NO2S/c1-8-5-9(2)11-10(6-8)13-7-12(3,4)16(11,14)15/h5-6,13H,7H2,1-4H3. The van der Waals surface area contributed by atoms with Crippen LogP contribution < -0.4 is 5.32 Å². The molecule has 1 N–H and O–H groups in total. The number of sulfone groups is 1. The van der Waals surface area contributed by atoms with Gasteiger partial charge < -0.3 is 5.32 Å². The zero-order chi connectivity index (χ0) is 12.1. The molecule has 1 heterocycles. The monoisotopic (exact) mass is 239 g/mol. The molecule has 88 valence electrons. The van der Waals surface area contributed by atoms with E-state index in [2.05, 4.69) is 5.32 Å². The molecule has 0 aromatic heterocycles. The summed E-state index contributed by atoms with van der Waals surface area (Å²) in [6.07, 6.45) is 0. The SMILES string of the molecule is Cc1cc(C)c2c(c1)NCC(C)(C)S2(=O)=O. The van der Waals surface area contributed by atoms with E-state index in [0.717, 1.165) is 16.8 Å². The largest absolute Gasteiger partial charge is 0.382 e. The van der Waals surface area contributed by atoms with Crippen LogP contribution in [0.25, 0.3) is 0 Å². The van der Waals surface area contributed by atoms with E-state index < -0.39 is 14.6 Å². The Hall–Kier alpha value is -1.03. The summed E-state index contributed by atoms with van der Waals surface area (Å²) in [5, 5.41) is 3.21. The summed E-state index contributed by atoms with van der Waals surface area (Å²) in [4.78, 5) is 0.467. The fourth-order valence-electron chi connectivity index (χ4n) is 2.12. The van der Waals surface area contributed by atoms with Crippen LogP contribution in [0, 0.1) is 13.8 Å². The third-order valence-corrected chi connectivity index (χ3v) is 5.80. The van der Waals surface area contributed by atoms with Crippen LogP contribution in [0.2, 0.25) is 0 Å². The van der Waals surface area contributed by atoms with Crippen molar-refractivity contribution in [3.8, 4) is 0 Å². The first-order chi connectivity index (χ1) is 7.25. The van der Waals surface area contributed by atoms with E-state index in [1.165, 1.54) is 0 Å². The van der Waals surface area contributed by atoms with E-state index in [1.54, 1.807) is 13.8 Å². The average molecular weight is 239 g/mol. The third-order valence-electron chi connectivity index (χ3n) is 3.12. The molecule has 1 aliphatic heterocycles. The number of fused-ring (bicyclic) bond motifs is 1. The first kappa shape index (κ1) is 11.5. The Morgan fingerprint density at radius 3 is 2.50 bits per heavy atom. The Labute approximate surface area is 96.8 Å². The molecule has 1 aliphatic rings. The number of hydrogen-bond acceptors (Lipinski definition) is 3. The van der Waals surface area contributed by atoms with Crippen LogP contribution in [-0.4, -0.2) is 19.7 Å². The fourth-order valence-corrected chi connectivity index (χ4v) is 3.84. The van der Waals surface area contributed by atoms with E-state index in [1.807, 2.05) is 26.0 Å². The van der Waals surface area contributed by atoms with Gasteiger partial charge in [0.1, 0.15) is 0 Å². The molecule has 2 rings (SSSR count). The number of anilines is 1. The normalized spacial score (nSPS) is 21.0. The second kappa shape index (κ2) is 3.23. The van der Waals surface area contributed by atoms with Crippen LogP contribution in [0.3, 0.4) is 0 Å². The molecule has 16 heavy (non-hydrogen) atoms. The van der Waals surface area contributed by atoms with E-state index in [4.69, 9.17) is 0 Å². The summed E-state index contributed by atoms with van der Waals surface area (Å²) in [5.41, 5.74) is 2.66. The first-order valence-electron chi connectivity index (χ1n) is 5.35. The van der Waals surface area contributed by atoms with Gasteiger partial charge in [-0.05, 0) is 44.9 Å². The highest BCUT2D eigenvalue weighted by atomic mass is 32.2. The van der Waals surface area contributed by atoms with Crippen molar-refractivity contribution in [1.82, 2.24) is 0 Å². The Kier molecular flexibility index (Phi) is 2.31. The van der Waals surface area contributed by atoms with Crippen molar-refractivity contribution in [3.05, 3.63) is 23.3 Å². The number of benzene rings is 1. The summed E-state index contributed by atoms with van der Waals surface area (Å²) in [6, 6.07) is 3.81. The van der Waals surface area contributed by atoms with Crippen LogP contribution in [0.5, 0.6) is 0 Å². The zero-order valence-electron chi connectivity index (χ0n) is 10.1. The highest BCUT2D eigenvalue weighted by Gasteiger charge is 2.41. The van der Waals surface area contributed by atoms with Gasteiger partial charge in [-0.15, -0.1) is 0 Å². The van der Waals surface area contributed by atoms with Gasteiger partial charge in [-0.1, -0.05) is 6.07 Å². The van der Waals surface area contributed by atoms with Gasteiger partial charge in [-0.25, -0.2) is 8.42 Å². The van der Waals surface area contributed by atoms with Crippen LogP contribution >= 0.6 is 0 Å². The van der Waals surface area contributed by atoms with E-state index >= 15 is 0 Å². The lowest BCUT2D eigenvalue weighted by Gasteiger charge is -2.33. The Bertz CT molecular complexity index is 544. The number of aryl methyl sites for hydroxylation is 2. The minimum atomic E-state index is -3.23. The molecule has 4 heteroatoms. The van der Waals surface area contributed by atoms with Gasteiger partial charge in [-0.2, -0.15) is 0 Å². The Balaban J connectivity index is 2.79. The van der Waals surface area contributed by atoms with Crippen molar-refractivity contribution in [2.45, 2.75) is 37.3 Å². The zero-order valence-corrected chi connectivity index (χ0v) is 10.9. The van der Waals surface area contributed by atoms with Gasteiger partial charge in [0.05, 0.1) is 15.3 Å². The molecule has 0 unspecified atom stereocenters. The lowest BCUT2D eigenvalue weighted by Crippen LogP contribution is -2.43. The van der Waals surface area contributed by atoms with Crippen molar-refractivity contribution in [3.63, 3.8) is 0 Å². The lowest BCUT2D eigenvalue weighted by atomic mass is 10.1. The number of hydrogen-bond donors (Lipinski definition) is 1. The molecule has 0 spiro atoms. The predicted octanol–water partition coefficient (Wildman–Crippen LogP) is 2.28. The van der Waals surface area contributed by atoms with Gasteiger partial charge in [-0.3, -0.25) is 0 Å². The third kappa shape index (κ3) is 1.44. The van der Waals surface area contributed by atoms with Crippen LogP contribution in [0.1, 0.15) is 25.0 Å². The highest BCUT2D eigenvalue weighted by molar-refractivity contribution is 7.93. The van der Waals surface area contributed by atoms with E-state index in [9.17, 15) is 8.42 Å². The van der Waals surface area contributed by atoms with Gasteiger partial charge in [0.15, 0.2) is 9.84 Å². The first-order valence-corrected chi connectivity index (χ1v) is 6.84. The molecule has 0 saturated carbocycles. The summed E-state index contributed by atoms with van der Waals surface area (Å²) in [7, 11) is -3.23. The van der Waals surface area contributed by atoms with E-state index in [0.29, 0.717) is 11.4 Å². The second-order valence-corrected chi connectivity index (χ2v) is 7.60. The average Bonchev–Trinajstić information content (AvgIpc) is 2.11. The number of nitrogens with one attached hydrogen (secondary N) is 1. The second-order valence-electron chi connectivity index (χ2n) is 5.08. The van der Waals surface area contributed by atoms with Gasteiger partial charge in [0, 0.05) is 6.54 Å². The summed E-state index contributed by atoms with van der Waals surface area (Å²) in [6.45, 7) is 7.81. The minimum Gasteiger partial charge on any atom is -0.382 e.